The van der Waals surface area contributed by atoms with Crippen LogP contribution in [0.4, 0.5) is 19.0 Å². The molecule has 1 fully saturated rings. The fourth-order valence-electron chi connectivity index (χ4n) is 2.92. The third-order valence-electron chi connectivity index (χ3n) is 4.21. The zero-order valence-corrected chi connectivity index (χ0v) is 17.1. The molecule has 6 nitrogen and oxygen atoms in total. The number of alkyl halides is 3. The zero-order chi connectivity index (χ0) is 18.3. The molecule has 1 saturated heterocycles. The maximum absolute atomic E-state index is 12.9. The number of nitrogens with one attached hydrogen (secondary N) is 2. The van der Waals surface area contributed by atoms with Gasteiger partial charge in [0.05, 0.1) is 12.1 Å². The number of nitrogens with zero attached hydrogens (tertiary/aromatic N) is 3. The zero-order valence-electron chi connectivity index (χ0n) is 14.7. The van der Waals surface area contributed by atoms with Gasteiger partial charge in [-0.1, -0.05) is 6.92 Å². The molecule has 1 aliphatic rings. The van der Waals surface area contributed by atoms with Crippen LogP contribution in [0, 0.1) is 0 Å². The third-order valence-corrected chi connectivity index (χ3v) is 4.21. The van der Waals surface area contributed by atoms with E-state index in [2.05, 4.69) is 32.4 Å². The fraction of sp³-hybridized carbons (Fsp3) is 0.625. The summed E-state index contributed by atoms with van der Waals surface area (Å²) in [7, 11) is 0. The molecule has 1 aliphatic heterocycles. The van der Waals surface area contributed by atoms with Gasteiger partial charge in [-0.15, -0.1) is 24.0 Å². The standard InChI is InChI=1S/C16H25F3N6.HI/c1-2-25-10-4-5-12(25)11-24-15(20)23-9-8-22-14-13(16(17,18)19)6-3-7-21-14;/h3,6-7,12H,2,4-5,8-11H2,1H3,(H,21,22)(H3,20,23,24);1H. The first-order valence-corrected chi connectivity index (χ1v) is 8.45. The van der Waals surface area contributed by atoms with Crippen molar-refractivity contribution in [1.29, 1.82) is 0 Å². The summed E-state index contributed by atoms with van der Waals surface area (Å²) in [6, 6.07) is 2.69. The van der Waals surface area contributed by atoms with Crippen LogP contribution in [-0.4, -0.2) is 54.6 Å². The number of aromatic nitrogens is 1. The number of aliphatic imine (C=N–C) groups is 1. The molecule has 0 aromatic carbocycles. The molecule has 1 atom stereocenters. The highest BCUT2D eigenvalue weighted by Gasteiger charge is 2.33. The molecular formula is C16H26F3IN6. The van der Waals surface area contributed by atoms with Gasteiger partial charge in [-0.25, -0.2) is 4.98 Å². The summed E-state index contributed by atoms with van der Waals surface area (Å²) in [5.41, 5.74) is 5.03. The SMILES string of the molecule is CCN1CCCC1CN=C(N)NCCNc1ncccc1C(F)(F)F.I. The Morgan fingerprint density at radius 3 is 2.88 bits per heavy atom. The van der Waals surface area contributed by atoms with Gasteiger partial charge in [0.15, 0.2) is 5.96 Å². The van der Waals surface area contributed by atoms with E-state index in [0.29, 0.717) is 25.1 Å². The molecule has 0 amide bonds. The number of hydrogen-bond donors (Lipinski definition) is 3. The minimum absolute atomic E-state index is 0. The number of guanidine groups is 1. The number of hydrogen-bond acceptors (Lipinski definition) is 4. The van der Waals surface area contributed by atoms with Crippen molar-refractivity contribution in [1.82, 2.24) is 15.2 Å². The molecule has 2 heterocycles. The van der Waals surface area contributed by atoms with Crippen molar-refractivity contribution in [3.63, 3.8) is 0 Å². The Morgan fingerprint density at radius 1 is 1.42 bits per heavy atom. The van der Waals surface area contributed by atoms with E-state index in [1.54, 1.807) is 0 Å². The van der Waals surface area contributed by atoms with Crippen LogP contribution >= 0.6 is 24.0 Å². The average Bonchev–Trinajstić information content (AvgIpc) is 3.04. The topological polar surface area (TPSA) is 78.6 Å². The second kappa shape index (κ2) is 10.8. The van der Waals surface area contributed by atoms with E-state index in [-0.39, 0.29) is 36.3 Å². The number of rotatable bonds is 7. The predicted molar refractivity (Wildman–Crippen MR) is 108 cm³/mol. The smallest absolute Gasteiger partial charge is 0.370 e. The molecule has 10 heteroatoms. The lowest BCUT2D eigenvalue weighted by molar-refractivity contribution is -0.137. The lowest BCUT2D eigenvalue weighted by atomic mass is 10.2. The summed E-state index contributed by atoms with van der Waals surface area (Å²) in [5, 5.41) is 5.58. The van der Waals surface area contributed by atoms with Crippen LogP contribution in [0.1, 0.15) is 25.3 Å². The molecule has 2 rings (SSSR count). The van der Waals surface area contributed by atoms with Crippen molar-refractivity contribution >= 4 is 35.8 Å². The number of pyridine rings is 1. The molecule has 1 aromatic heterocycles. The summed E-state index contributed by atoms with van der Waals surface area (Å²) in [5.74, 6) is 0.124. The van der Waals surface area contributed by atoms with Gasteiger partial charge < -0.3 is 16.4 Å². The monoisotopic (exact) mass is 486 g/mol. The van der Waals surface area contributed by atoms with Crippen LogP contribution < -0.4 is 16.4 Å². The first kappa shape index (κ1) is 22.7. The molecule has 0 aliphatic carbocycles. The number of anilines is 1. The van der Waals surface area contributed by atoms with Gasteiger partial charge in [-0.2, -0.15) is 13.2 Å². The van der Waals surface area contributed by atoms with Gasteiger partial charge in [-0.05, 0) is 38.1 Å². The number of halogens is 4. The van der Waals surface area contributed by atoms with Crippen LogP contribution in [-0.2, 0) is 6.18 Å². The minimum Gasteiger partial charge on any atom is -0.370 e. The first-order chi connectivity index (χ1) is 11.9. The van der Waals surface area contributed by atoms with E-state index in [1.807, 2.05) is 0 Å². The van der Waals surface area contributed by atoms with E-state index in [0.717, 1.165) is 25.6 Å². The second-order valence-corrected chi connectivity index (χ2v) is 5.90. The van der Waals surface area contributed by atoms with E-state index >= 15 is 0 Å². The van der Waals surface area contributed by atoms with Crippen LogP contribution in [0.5, 0.6) is 0 Å². The van der Waals surface area contributed by atoms with Crippen molar-refractivity contribution in [2.75, 3.05) is 38.0 Å². The van der Waals surface area contributed by atoms with Crippen molar-refractivity contribution in [2.45, 2.75) is 32.0 Å². The maximum atomic E-state index is 12.9. The molecule has 148 valence electrons. The van der Waals surface area contributed by atoms with Crippen molar-refractivity contribution in [2.24, 2.45) is 10.7 Å². The normalized spacial score (nSPS) is 18.5. The molecular weight excluding hydrogens is 460 g/mol. The molecule has 0 bridgehead atoms. The number of likely N-dealkylation sites (tertiary alicyclic amines) is 1. The summed E-state index contributed by atoms with van der Waals surface area (Å²) in [4.78, 5) is 10.4. The van der Waals surface area contributed by atoms with Crippen LogP contribution in [0.2, 0.25) is 0 Å². The quantitative estimate of drug-likeness (QED) is 0.239. The summed E-state index contributed by atoms with van der Waals surface area (Å²) in [6.45, 7) is 5.47. The predicted octanol–water partition coefficient (Wildman–Crippen LogP) is 2.52. The first-order valence-electron chi connectivity index (χ1n) is 8.45. The highest BCUT2D eigenvalue weighted by atomic mass is 127. The van der Waals surface area contributed by atoms with Crippen LogP contribution in [0.15, 0.2) is 23.3 Å². The maximum Gasteiger partial charge on any atom is 0.419 e. The van der Waals surface area contributed by atoms with Gasteiger partial charge in [0.1, 0.15) is 5.82 Å². The van der Waals surface area contributed by atoms with E-state index < -0.39 is 11.7 Å². The largest absolute Gasteiger partial charge is 0.419 e. The van der Waals surface area contributed by atoms with Crippen LogP contribution in [0.3, 0.4) is 0 Å². The van der Waals surface area contributed by atoms with Gasteiger partial charge in [0.2, 0.25) is 0 Å². The highest BCUT2D eigenvalue weighted by molar-refractivity contribution is 14.0. The van der Waals surface area contributed by atoms with E-state index in [1.165, 1.54) is 18.7 Å². The molecule has 4 N–H and O–H groups in total. The van der Waals surface area contributed by atoms with E-state index in [4.69, 9.17) is 5.73 Å². The van der Waals surface area contributed by atoms with Crippen molar-refractivity contribution in [3.05, 3.63) is 23.9 Å². The minimum atomic E-state index is -4.43. The summed E-state index contributed by atoms with van der Waals surface area (Å²) >= 11 is 0. The molecule has 1 unspecified atom stereocenters. The Labute approximate surface area is 168 Å². The Balaban J connectivity index is 0.00000338. The van der Waals surface area contributed by atoms with Crippen molar-refractivity contribution < 1.29 is 13.2 Å². The highest BCUT2D eigenvalue weighted by Crippen LogP contribution is 2.33. The Kier molecular flexibility index (Phi) is 9.41. The lowest BCUT2D eigenvalue weighted by Crippen LogP contribution is -2.37. The van der Waals surface area contributed by atoms with Gasteiger partial charge >= 0.3 is 6.18 Å². The van der Waals surface area contributed by atoms with Crippen molar-refractivity contribution in [3.8, 4) is 0 Å². The summed E-state index contributed by atoms with van der Waals surface area (Å²) < 4.78 is 38.6. The van der Waals surface area contributed by atoms with Crippen LogP contribution in [0.25, 0.3) is 0 Å². The Morgan fingerprint density at radius 2 is 2.19 bits per heavy atom. The molecule has 26 heavy (non-hydrogen) atoms. The lowest BCUT2D eigenvalue weighted by Gasteiger charge is -2.21. The fourth-order valence-corrected chi connectivity index (χ4v) is 2.92. The van der Waals surface area contributed by atoms with Gasteiger partial charge in [0.25, 0.3) is 0 Å². The average molecular weight is 486 g/mol. The number of likely N-dealkylation sites (N-methyl/N-ethyl adjacent to an activating group) is 1. The van der Waals surface area contributed by atoms with Gasteiger partial charge in [0, 0.05) is 25.3 Å². The van der Waals surface area contributed by atoms with Gasteiger partial charge in [-0.3, -0.25) is 9.89 Å². The molecule has 1 aromatic rings. The summed E-state index contributed by atoms with van der Waals surface area (Å²) in [6.07, 6.45) is -0.818. The molecule has 0 saturated carbocycles. The third kappa shape index (κ3) is 6.78. The van der Waals surface area contributed by atoms with E-state index in [9.17, 15) is 13.2 Å². The Hall–Kier alpha value is -1.30. The Bertz CT molecular complexity index is 581. The molecule has 0 radical (unpaired) electrons. The number of nitrogens with two attached hydrogens (primary N) is 1. The molecule has 0 spiro atoms. The second-order valence-electron chi connectivity index (χ2n) is 5.90.